The van der Waals surface area contributed by atoms with Crippen LogP contribution in [0.15, 0.2) is 35.0 Å². The van der Waals surface area contributed by atoms with E-state index in [0.29, 0.717) is 5.76 Å². The van der Waals surface area contributed by atoms with Crippen LogP contribution in [0.25, 0.3) is 0 Å². The molecule has 1 heterocycles. The van der Waals surface area contributed by atoms with Crippen LogP contribution in [0.4, 0.5) is 4.39 Å². The summed E-state index contributed by atoms with van der Waals surface area (Å²) in [5.41, 5.74) is 6.38. The molecule has 0 amide bonds. The minimum Gasteiger partial charge on any atom is -0.482 e. The number of halogens is 1. The van der Waals surface area contributed by atoms with Gasteiger partial charge in [0.2, 0.25) is 0 Å². The highest BCUT2D eigenvalue weighted by Crippen LogP contribution is 2.21. The van der Waals surface area contributed by atoms with E-state index >= 15 is 0 Å². The molecule has 1 unspecified atom stereocenters. The van der Waals surface area contributed by atoms with Crippen molar-refractivity contribution in [3.05, 3.63) is 47.6 Å². The standard InChI is InChI=1S/C12H13FN2O2/c1-8(14)9-2-3-12(11(13)6-9)16-7-10-4-5-15-17-10/h2-6,8H,7,14H2,1H3. The molecule has 0 saturated carbocycles. The molecule has 0 fully saturated rings. The third kappa shape index (κ3) is 2.82. The van der Waals surface area contributed by atoms with Gasteiger partial charge in [-0.25, -0.2) is 4.39 Å². The second kappa shape index (κ2) is 4.97. The van der Waals surface area contributed by atoms with Crippen molar-refractivity contribution in [2.24, 2.45) is 5.73 Å². The van der Waals surface area contributed by atoms with E-state index in [4.69, 9.17) is 15.0 Å². The summed E-state index contributed by atoms with van der Waals surface area (Å²) in [5, 5.41) is 3.53. The molecule has 1 aromatic carbocycles. The van der Waals surface area contributed by atoms with Gasteiger partial charge < -0.3 is 15.0 Å². The molecule has 0 aliphatic rings. The van der Waals surface area contributed by atoms with E-state index in [-0.39, 0.29) is 18.4 Å². The summed E-state index contributed by atoms with van der Waals surface area (Å²) in [6, 6.07) is 6.13. The van der Waals surface area contributed by atoms with Crippen molar-refractivity contribution in [2.45, 2.75) is 19.6 Å². The van der Waals surface area contributed by atoms with Crippen LogP contribution in [-0.4, -0.2) is 5.16 Å². The molecule has 2 rings (SSSR count). The number of ether oxygens (including phenoxy) is 1. The van der Waals surface area contributed by atoms with Crippen molar-refractivity contribution in [1.29, 1.82) is 0 Å². The monoisotopic (exact) mass is 236 g/mol. The predicted molar refractivity (Wildman–Crippen MR) is 59.8 cm³/mol. The van der Waals surface area contributed by atoms with Gasteiger partial charge in [-0.2, -0.15) is 0 Å². The highest BCUT2D eigenvalue weighted by molar-refractivity contribution is 5.30. The molecular formula is C12H13FN2O2. The van der Waals surface area contributed by atoms with Crippen LogP contribution in [-0.2, 0) is 6.61 Å². The zero-order valence-corrected chi connectivity index (χ0v) is 9.39. The number of nitrogens with zero attached hydrogens (tertiary/aromatic N) is 1. The minimum atomic E-state index is -0.431. The van der Waals surface area contributed by atoms with Crippen LogP contribution in [0.5, 0.6) is 5.75 Å². The summed E-state index contributed by atoms with van der Waals surface area (Å²) in [7, 11) is 0. The topological polar surface area (TPSA) is 61.3 Å². The lowest BCUT2D eigenvalue weighted by Crippen LogP contribution is -2.05. The molecule has 2 aromatic rings. The fourth-order valence-corrected chi connectivity index (χ4v) is 1.38. The van der Waals surface area contributed by atoms with E-state index in [1.807, 2.05) is 0 Å². The predicted octanol–water partition coefficient (Wildman–Crippen LogP) is 2.41. The maximum absolute atomic E-state index is 13.6. The normalized spacial score (nSPS) is 12.4. The van der Waals surface area contributed by atoms with Crippen LogP contribution in [0.1, 0.15) is 24.3 Å². The average Bonchev–Trinajstić information content (AvgIpc) is 2.80. The maximum Gasteiger partial charge on any atom is 0.174 e. The first-order chi connectivity index (χ1) is 8.16. The van der Waals surface area contributed by atoms with Crippen LogP contribution in [0.3, 0.4) is 0 Å². The maximum atomic E-state index is 13.6. The molecule has 5 heteroatoms. The zero-order chi connectivity index (χ0) is 12.3. The Bertz CT molecular complexity index is 483. The Balaban J connectivity index is 2.06. The Morgan fingerprint density at radius 1 is 1.47 bits per heavy atom. The summed E-state index contributed by atoms with van der Waals surface area (Å²) < 4.78 is 23.7. The quantitative estimate of drug-likeness (QED) is 0.885. The Kier molecular flexibility index (Phi) is 3.39. The molecular weight excluding hydrogens is 223 g/mol. The van der Waals surface area contributed by atoms with Crippen molar-refractivity contribution in [3.8, 4) is 5.75 Å². The lowest BCUT2D eigenvalue weighted by molar-refractivity contribution is 0.240. The average molecular weight is 236 g/mol. The van der Waals surface area contributed by atoms with Crippen LogP contribution in [0.2, 0.25) is 0 Å². The summed E-state index contributed by atoms with van der Waals surface area (Å²) >= 11 is 0. The van der Waals surface area contributed by atoms with Gasteiger partial charge in [0.15, 0.2) is 17.3 Å². The van der Waals surface area contributed by atoms with Gasteiger partial charge in [0.1, 0.15) is 6.61 Å². The molecule has 0 radical (unpaired) electrons. The van der Waals surface area contributed by atoms with Crippen LogP contribution < -0.4 is 10.5 Å². The largest absolute Gasteiger partial charge is 0.482 e. The number of hydrogen-bond acceptors (Lipinski definition) is 4. The summed E-state index contributed by atoms with van der Waals surface area (Å²) in [6.07, 6.45) is 1.51. The molecule has 1 atom stereocenters. The molecule has 17 heavy (non-hydrogen) atoms. The highest BCUT2D eigenvalue weighted by atomic mass is 19.1. The van der Waals surface area contributed by atoms with Crippen LogP contribution in [0, 0.1) is 5.82 Å². The second-order valence-electron chi connectivity index (χ2n) is 3.75. The van der Waals surface area contributed by atoms with Crippen molar-refractivity contribution in [2.75, 3.05) is 0 Å². The number of nitrogens with two attached hydrogens (primary N) is 1. The van der Waals surface area contributed by atoms with E-state index in [0.717, 1.165) is 5.56 Å². The van der Waals surface area contributed by atoms with E-state index < -0.39 is 5.82 Å². The van der Waals surface area contributed by atoms with Gasteiger partial charge in [0.25, 0.3) is 0 Å². The minimum absolute atomic E-state index is 0.147. The van der Waals surface area contributed by atoms with Gasteiger partial charge in [-0.3, -0.25) is 0 Å². The third-order valence-corrected chi connectivity index (χ3v) is 2.34. The SMILES string of the molecule is CC(N)c1ccc(OCc2ccno2)c(F)c1. The van der Waals surface area contributed by atoms with Crippen LogP contribution >= 0.6 is 0 Å². The fourth-order valence-electron chi connectivity index (χ4n) is 1.38. The second-order valence-corrected chi connectivity index (χ2v) is 3.75. The molecule has 0 aliphatic heterocycles. The van der Waals surface area contributed by atoms with Gasteiger partial charge in [-0.1, -0.05) is 11.2 Å². The van der Waals surface area contributed by atoms with Gasteiger partial charge in [0, 0.05) is 12.1 Å². The molecule has 0 spiro atoms. The first kappa shape index (κ1) is 11.6. The first-order valence-corrected chi connectivity index (χ1v) is 5.24. The van der Waals surface area contributed by atoms with Gasteiger partial charge >= 0.3 is 0 Å². The molecule has 0 saturated heterocycles. The Labute approximate surface area is 98.2 Å². The van der Waals surface area contributed by atoms with Crippen molar-refractivity contribution in [3.63, 3.8) is 0 Å². The molecule has 2 N–H and O–H groups in total. The van der Waals surface area contributed by atoms with Gasteiger partial charge in [-0.15, -0.1) is 0 Å². The van der Waals surface area contributed by atoms with Gasteiger partial charge in [-0.05, 0) is 24.6 Å². The van der Waals surface area contributed by atoms with Crippen molar-refractivity contribution >= 4 is 0 Å². The Morgan fingerprint density at radius 3 is 2.88 bits per heavy atom. The number of aromatic nitrogens is 1. The Hall–Kier alpha value is -1.88. The summed E-state index contributed by atoms with van der Waals surface area (Å²) in [4.78, 5) is 0. The van der Waals surface area contributed by atoms with Gasteiger partial charge in [0.05, 0.1) is 6.20 Å². The summed E-state index contributed by atoms with van der Waals surface area (Å²) in [5.74, 6) is 0.283. The molecule has 1 aromatic heterocycles. The van der Waals surface area contributed by atoms with E-state index in [1.165, 1.54) is 12.3 Å². The van der Waals surface area contributed by atoms with E-state index in [9.17, 15) is 4.39 Å². The number of benzene rings is 1. The molecule has 0 bridgehead atoms. The van der Waals surface area contributed by atoms with E-state index in [1.54, 1.807) is 25.1 Å². The highest BCUT2D eigenvalue weighted by Gasteiger charge is 2.08. The van der Waals surface area contributed by atoms with E-state index in [2.05, 4.69) is 5.16 Å². The lowest BCUT2D eigenvalue weighted by atomic mass is 10.1. The summed E-state index contributed by atoms with van der Waals surface area (Å²) in [6.45, 7) is 1.94. The fraction of sp³-hybridized carbons (Fsp3) is 0.250. The first-order valence-electron chi connectivity index (χ1n) is 5.24. The Morgan fingerprint density at radius 2 is 2.29 bits per heavy atom. The molecule has 90 valence electrons. The number of hydrogen-bond donors (Lipinski definition) is 1. The molecule has 0 aliphatic carbocycles. The third-order valence-electron chi connectivity index (χ3n) is 2.34. The zero-order valence-electron chi connectivity index (χ0n) is 9.39. The number of rotatable bonds is 4. The van der Waals surface area contributed by atoms with Crippen molar-refractivity contribution < 1.29 is 13.7 Å². The lowest BCUT2D eigenvalue weighted by Gasteiger charge is -2.09. The van der Waals surface area contributed by atoms with Crippen molar-refractivity contribution in [1.82, 2.24) is 5.16 Å². The smallest absolute Gasteiger partial charge is 0.174 e. The molecule has 4 nitrogen and oxygen atoms in total.